The summed E-state index contributed by atoms with van der Waals surface area (Å²) in [5, 5.41) is 3.70. The second kappa shape index (κ2) is 6.33. The van der Waals surface area contributed by atoms with Crippen LogP contribution in [0.2, 0.25) is 0 Å². The zero-order valence-corrected chi connectivity index (χ0v) is 11.5. The zero-order valence-electron chi connectivity index (χ0n) is 11.5. The van der Waals surface area contributed by atoms with Crippen LogP contribution in [0.3, 0.4) is 0 Å². The van der Waals surface area contributed by atoms with Gasteiger partial charge in [-0.05, 0) is 48.9 Å². The highest BCUT2D eigenvalue weighted by Crippen LogP contribution is 2.41. The van der Waals surface area contributed by atoms with E-state index in [4.69, 9.17) is 0 Å². The fourth-order valence-electron chi connectivity index (χ4n) is 2.53. The third-order valence-corrected chi connectivity index (χ3v) is 4.10. The molecule has 1 fully saturated rings. The molecule has 1 unspecified atom stereocenters. The minimum Gasteiger partial charge on any atom is -0.309 e. The lowest BCUT2D eigenvalue weighted by molar-refractivity contribution is 0.391. The molecule has 2 rings (SSSR count). The molecule has 0 bridgehead atoms. The van der Waals surface area contributed by atoms with Crippen molar-refractivity contribution in [3.8, 4) is 0 Å². The molecule has 0 heterocycles. The maximum absolute atomic E-state index is 13.0. The fourth-order valence-corrected chi connectivity index (χ4v) is 2.53. The minimum atomic E-state index is -0.145. The number of hydrogen-bond donors (Lipinski definition) is 1. The van der Waals surface area contributed by atoms with Crippen molar-refractivity contribution in [3.63, 3.8) is 0 Å². The van der Waals surface area contributed by atoms with Crippen molar-refractivity contribution < 1.29 is 4.39 Å². The third kappa shape index (κ3) is 3.55. The summed E-state index contributed by atoms with van der Waals surface area (Å²) in [4.78, 5) is 0. The predicted octanol–water partition coefficient (Wildman–Crippen LogP) is 4.30. The zero-order chi connectivity index (χ0) is 13.0. The number of hydrogen-bond acceptors (Lipinski definition) is 1. The predicted molar refractivity (Wildman–Crippen MR) is 73.9 cm³/mol. The fraction of sp³-hybridized carbons (Fsp3) is 0.625. The van der Waals surface area contributed by atoms with E-state index in [9.17, 15) is 4.39 Å². The summed E-state index contributed by atoms with van der Waals surface area (Å²) in [5.41, 5.74) is 1.24. The van der Waals surface area contributed by atoms with Crippen LogP contribution in [0.1, 0.15) is 51.1 Å². The van der Waals surface area contributed by atoms with E-state index in [-0.39, 0.29) is 5.82 Å². The molecule has 1 aliphatic rings. The maximum atomic E-state index is 13.0. The molecule has 0 radical (unpaired) electrons. The van der Waals surface area contributed by atoms with Gasteiger partial charge in [0.25, 0.3) is 0 Å². The molecule has 0 saturated heterocycles. The first-order valence-corrected chi connectivity index (χ1v) is 7.23. The SMILES string of the molecule is CCC(CC)CNC(c1ccc(F)cc1)C1CC1. The van der Waals surface area contributed by atoms with Crippen LogP contribution in [0.25, 0.3) is 0 Å². The summed E-state index contributed by atoms with van der Waals surface area (Å²) in [5.74, 6) is 1.37. The normalized spacial score (nSPS) is 17.1. The second-order valence-corrected chi connectivity index (χ2v) is 5.46. The number of halogens is 1. The molecule has 1 aromatic carbocycles. The van der Waals surface area contributed by atoms with Gasteiger partial charge in [-0.3, -0.25) is 0 Å². The Morgan fingerprint density at radius 3 is 2.28 bits per heavy atom. The van der Waals surface area contributed by atoms with Crippen molar-refractivity contribution in [2.24, 2.45) is 11.8 Å². The topological polar surface area (TPSA) is 12.0 Å². The molecular formula is C16H24FN. The first kappa shape index (κ1) is 13.5. The Hall–Kier alpha value is -0.890. The summed E-state index contributed by atoms with van der Waals surface area (Å²) >= 11 is 0. The van der Waals surface area contributed by atoms with Gasteiger partial charge < -0.3 is 5.32 Å². The largest absolute Gasteiger partial charge is 0.309 e. The Morgan fingerprint density at radius 1 is 1.17 bits per heavy atom. The van der Waals surface area contributed by atoms with E-state index >= 15 is 0 Å². The molecule has 0 aromatic heterocycles. The molecule has 0 spiro atoms. The first-order chi connectivity index (χ1) is 8.74. The molecule has 1 aromatic rings. The van der Waals surface area contributed by atoms with Gasteiger partial charge in [0.1, 0.15) is 5.82 Å². The Bertz CT molecular complexity index is 352. The lowest BCUT2D eigenvalue weighted by Gasteiger charge is -2.22. The van der Waals surface area contributed by atoms with Gasteiger partial charge in [-0.25, -0.2) is 4.39 Å². The average Bonchev–Trinajstić information content (AvgIpc) is 3.21. The van der Waals surface area contributed by atoms with Crippen LogP contribution >= 0.6 is 0 Å². The van der Waals surface area contributed by atoms with Crippen LogP contribution in [0.5, 0.6) is 0 Å². The van der Waals surface area contributed by atoms with Crippen molar-refractivity contribution in [3.05, 3.63) is 35.6 Å². The van der Waals surface area contributed by atoms with Gasteiger partial charge in [0.2, 0.25) is 0 Å². The smallest absolute Gasteiger partial charge is 0.123 e. The van der Waals surface area contributed by atoms with Crippen molar-refractivity contribution in [1.82, 2.24) is 5.32 Å². The lowest BCUT2D eigenvalue weighted by Crippen LogP contribution is -2.28. The van der Waals surface area contributed by atoms with Crippen LogP contribution in [0.4, 0.5) is 4.39 Å². The molecular weight excluding hydrogens is 225 g/mol. The van der Waals surface area contributed by atoms with E-state index in [1.807, 2.05) is 12.1 Å². The molecule has 0 aliphatic heterocycles. The molecule has 1 N–H and O–H groups in total. The average molecular weight is 249 g/mol. The molecule has 1 saturated carbocycles. The van der Waals surface area contributed by atoms with Crippen LogP contribution in [-0.2, 0) is 0 Å². The van der Waals surface area contributed by atoms with Crippen LogP contribution in [0.15, 0.2) is 24.3 Å². The number of nitrogens with one attached hydrogen (secondary N) is 1. The Kier molecular flexibility index (Phi) is 4.76. The molecule has 1 nitrogen and oxygen atoms in total. The van der Waals surface area contributed by atoms with Crippen LogP contribution < -0.4 is 5.32 Å². The summed E-state index contributed by atoms with van der Waals surface area (Å²) < 4.78 is 13.0. The molecule has 2 heteroatoms. The molecule has 100 valence electrons. The van der Waals surface area contributed by atoms with Crippen molar-refractivity contribution in [2.75, 3.05) is 6.54 Å². The number of rotatable bonds is 7. The highest BCUT2D eigenvalue weighted by Gasteiger charge is 2.32. The van der Waals surface area contributed by atoms with E-state index in [1.54, 1.807) is 12.1 Å². The monoisotopic (exact) mass is 249 g/mol. The highest BCUT2D eigenvalue weighted by molar-refractivity contribution is 5.22. The Balaban J connectivity index is 1.98. The lowest BCUT2D eigenvalue weighted by atomic mass is 9.99. The van der Waals surface area contributed by atoms with Crippen LogP contribution in [-0.4, -0.2) is 6.54 Å². The van der Waals surface area contributed by atoms with Gasteiger partial charge in [-0.15, -0.1) is 0 Å². The van der Waals surface area contributed by atoms with E-state index < -0.39 is 0 Å². The summed E-state index contributed by atoms with van der Waals surface area (Å²) in [6.07, 6.45) is 5.06. The van der Waals surface area contributed by atoms with Gasteiger partial charge in [0, 0.05) is 6.04 Å². The van der Waals surface area contributed by atoms with Crippen molar-refractivity contribution >= 4 is 0 Å². The van der Waals surface area contributed by atoms with Crippen molar-refractivity contribution in [2.45, 2.75) is 45.6 Å². The van der Waals surface area contributed by atoms with Gasteiger partial charge >= 0.3 is 0 Å². The summed E-state index contributed by atoms with van der Waals surface area (Å²) in [6, 6.07) is 7.43. The Morgan fingerprint density at radius 2 is 1.78 bits per heavy atom. The summed E-state index contributed by atoms with van der Waals surface area (Å²) in [7, 11) is 0. The molecule has 0 amide bonds. The van der Waals surface area contributed by atoms with Crippen LogP contribution in [0, 0.1) is 17.7 Å². The third-order valence-electron chi connectivity index (χ3n) is 4.10. The standard InChI is InChI=1S/C16H24FN/c1-3-12(4-2)11-18-16(13-5-6-13)14-7-9-15(17)10-8-14/h7-10,12-13,16,18H,3-6,11H2,1-2H3. The van der Waals surface area contributed by atoms with Gasteiger partial charge in [0.05, 0.1) is 0 Å². The maximum Gasteiger partial charge on any atom is 0.123 e. The first-order valence-electron chi connectivity index (χ1n) is 7.23. The Labute approximate surface area is 110 Å². The second-order valence-electron chi connectivity index (χ2n) is 5.46. The molecule has 1 aliphatic carbocycles. The highest BCUT2D eigenvalue weighted by atomic mass is 19.1. The quantitative estimate of drug-likeness (QED) is 0.759. The number of benzene rings is 1. The van der Waals surface area contributed by atoms with Gasteiger partial charge in [-0.1, -0.05) is 38.8 Å². The summed E-state index contributed by atoms with van der Waals surface area (Å²) in [6.45, 7) is 5.57. The van der Waals surface area contributed by atoms with E-state index in [1.165, 1.54) is 31.2 Å². The van der Waals surface area contributed by atoms with E-state index in [0.29, 0.717) is 6.04 Å². The van der Waals surface area contributed by atoms with Gasteiger partial charge in [-0.2, -0.15) is 0 Å². The van der Waals surface area contributed by atoms with E-state index in [0.717, 1.165) is 18.4 Å². The minimum absolute atomic E-state index is 0.145. The van der Waals surface area contributed by atoms with Gasteiger partial charge in [0.15, 0.2) is 0 Å². The molecule has 1 atom stereocenters. The van der Waals surface area contributed by atoms with Crippen molar-refractivity contribution in [1.29, 1.82) is 0 Å². The molecule has 18 heavy (non-hydrogen) atoms. The van der Waals surface area contributed by atoms with E-state index in [2.05, 4.69) is 19.2 Å².